The highest BCUT2D eigenvalue weighted by Gasteiger charge is 2.12. The zero-order chi connectivity index (χ0) is 15.6. The average molecular weight is 288 g/mol. The Hall–Kier alpha value is -1.87. The molecule has 3 heteroatoms. The van der Waals surface area contributed by atoms with Crippen molar-refractivity contribution in [3.8, 4) is 11.5 Å². The van der Waals surface area contributed by atoms with E-state index in [-0.39, 0.29) is 5.82 Å². The molecule has 0 spiro atoms. The molecule has 2 aromatic rings. The van der Waals surface area contributed by atoms with E-state index in [0.29, 0.717) is 23.0 Å². The van der Waals surface area contributed by atoms with E-state index in [2.05, 4.69) is 13.8 Å². The van der Waals surface area contributed by atoms with Crippen molar-refractivity contribution in [2.24, 2.45) is 0 Å². The van der Waals surface area contributed by atoms with Crippen molar-refractivity contribution in [1.82, 2.24) is 0 Å². The Morgan fingerprint density at radius 1 is 1.00 bits per heavy atom. The standard InChI is InChI=1S/C18H21FO2/c1-11(2)16-7-6-15(9-12(16)3)21-18-8-5-14(19)10-17(18)13(4)20/h5-11,13,20H,1-4H3. The van der Waals surface area contributed by atoms with Crippen LogP contribution < -0.4 is 4.74 Å². The van der Waals surface area contributed by atoms with Gasteiger partial charge in [-0.05, 0) is 61.2 Å². The van der Waals surface area contributed by atoms with Crippen LogP contribution in [0.25, 0.3) is 0 Å². The maximum absolute atomic E-state index is 13.3. The van der Waals surface area contributed by atoms with E-state index < -0.39 is 6.10 Å². The van der Waals surface area contributed by atoms with E-state index in [1.165, 1.54) is 17.7 Å². The van der Waals surface area contributed by atoms with Crippen LogP contribution in [-0.2, 0) is 0 Å². The summed E-state index contributed by atoms with van der Waals surface area (Å²) in [5, 5.41) is 9.73. The van der Waals surface area contributed by atoms with Crippen LogP contribution in [0.3, 0.4) is 0 Å². The third-order valence-electron chi connectivity index (χ3n) is 3.51. The lowest BCUT2D eigenvalue weighted by atomic mass is 9.98. The minimum atomic E-state index is -0.785. The zero-order valence-corrected chi connectivity index (χ0v) is 12.9. The Kier molecular flexibility index (Phi) is 4.63. The Morgan fingerprint density at radius 2 is 1.71 bits per heavy atom. The number of aliphatic hydroxyl groups is 1. The molecule has 2 nitrogen and oxygen atoms in total. The summed E-state index contributed by atoms with van der Waals surface area (Å²) in [6, 6.07) is 10.1. The minimum Gasteiger partial charge on any atom is -0.457 e. The van der Waals surface area contributed by atoms with Gasteiger partial charge in [0.15, 0.2) is 0 Å². The fraction of sp³-hybridized carbons (Fsp3) is 0.333. The van der Waals surface area contributed by atoms with E-state index >= 15 is 0 Å². The molecule has 0 amide bonds. The lowest BCUT2D eigenvalue weighted by molar-refractivity contribution is 0.195. The Labute approximate surface area is 125 Å². The van der Waals surface area contributed by atoms with Crippen LogP contribution in [0, 0.1) is 12.7 Å². The molecule has 0 bridgehead atoms. The monoisotopic (exact) mass is 288 g/mol. The van der Waals surface area contributed by atoms with Crippen LogP contribution in [0.4, 0.5) is 4.39 Å². The first-order chi connectivity index (χ1) is 9.88. The third-order valence-corrected chi connectivity index (χ3v) is 3.51. The highest BCUT2D eigenvalue weighted by atomic mass is 19.1. The van der Waals surface area contributed by atoms with Crippen molar-refractivity contribution in [3.63, 3.8) is 0 Å². The van der Waals surface area contributed by atoms with Gasteiger partial charge in [-0.2, -0.15) is 0 Å². The van der Waals surface area contributed by atoms with Gasteiger partial charge in [0.25, 0.3) is 0 Å². The molecule has 2 rings (SSSR count). The van der Waals surface area contributed by atoms with Crippen LogP contribution in [0.1, 0.15) is 49.5 Å². The maximum Gasteiger partial charge on any atom is 0.133 e. The number of ether oxygens (including phenoxy) is 1. The fourth-order valence-corrected chi connectivity index (χ4v) is 2.43. The molecule has 0 saturated carbocycles. The molecule has 0 heterocycles. The number of halogens is 1. The largest absolute Gasteiger partial charge is 0.457 e. The summed E-state index contributed by atoms with van der Waals surface area (Å²) in [6.45, 7) is 7.93. The summed E-state index contributed by atoms with van der Waals surface area (Å²) in [4.78, 5) is 0. The van der Waals surface area contributed by atoms with Gasteiger partial charge in [0, 0.05) is 5.56 Å². The molecule has 1 N–H and O–H groups in total. The molecule has 1 unspecified atom stereocenters. The average Bonchev–Trinajstić information content (AvgIpc) is 2.40. The van der Waals surface area contributed by atoms with Crippen molar-refractivity contribution in [2.45, 2.75) is 39.7 Å². The van der Waals surface area contributed by atoms with Crippen LogP contribution >= 0.6 is 0 Å². The van der Waals surface area contributed by atoms with E-state index in [1.807, 2.05) is 25.1 Å². The first-order valence-electron chi connectivity index (χ1n) is 7.14. The van der Waals surface area contributed by atoms with E-state index in [0.717, 1.165) is 5.56 Å². The van der Waals surface area contributed by atoms with Gasteiger partial charge in [0.1, 0.15) is 17.3 Å². The van der Waals surface area contributed by atoms with E-state index in [9.17, 15) is 9.50 Å². The van der Waals surface area contributed by atoms with Crippen LogP contribution in [0.2, 0.25) is 0 Å². The van der Waals surface area contributed by atoms with Gasteiger partial charge in [-0.3, -0.25) is 0 Å². The number of hydrogen-bond acceptors (Lipinski definition) is 2. The van der Waals surface area contributed by atoms with Crippen LogP contribution in [-0.4, -0.2) is 5.11 Å². The topological polar surface area (TPSA) is 29.5 Å². The van der Waals surface area contributed by atoms with Crippen molar-refractivity contribution < 1.29 is 14.2 Å². The van der Waals surface area contributed by atoms with Crippen molar-refractivity contribution in [3.05, 3.63) is 58.9 Å². The Bertz CT molecular complexity index is 633. The van der Waals surface area contributed by atoms with Gasteiger partial charge in [-0.1, -0.05) is 19.9 Å². The zero-order valence-electron chi connectivity index (χ0n) is 12.9. The molecule has 112 valence electrons. The smallest absolute Gasteiger partial charge is 0.133 e. The molecular formula is C18H21FO2. The lowest BCUT2D eigenvalue weighted by Crippen LogP contribution is -1.98. The summed E-state index contributed by atoms with van der Waals surface area (Å²) < 4.78 is 19.1. The maximum atomic E-state index is 13.3. The second-order valence-corrected chi connectivity index (χ2v) is 5.63. The molecule has 0 saturated heterocycles. The molecule has 0 aliphatic carbocycles. The third kappa shape index (κ3) is 3.61. The quantitative estimate of drug-likeness (QED) is 0.847. The van der Waals surface area contributed by atoms with Crippen molar-refractivity contribution in [1.29, 1.82) is 0 Å². The molecule has 0 aliphatic rings. The molecule has 0 radical (unpaired) electrons. The molecule has 2 aromatic carbocycles. The number of aliphatic hydroxyl groups excluding tert-OH is 1. The number of rotatable bonds is 4. The highest BCUT2D eigenvalue weighted by molar-refractivity contribution is 5.42. The number of benzene rings is 2. The predicted octanol–water partition coefficient (Wildman–Crippen LogP) is 5.10. The number of hydrogen-bond donors (Lipinski definition) is 1. The summed E-state index contributed by atoms with van der Waals surface area (Å²) in [6.07, 6.45) is -0.785. The SMILES string of the molecule is Cc1cc(Oc2ccc(F)cc2C(C)O)ccc1C(C)C. The fourth-order valence-electron chi connectivity index (χ4n) is 2.43. The van der Waals surface area contributed by atoms with Gasteiger partial charge < -0.3 is 9.84 Å². The van der Waals surface area contributed by atoms with Gasteiger partial charge >= 0.3 is 0 Å². The van der Waals surface area contributed by atoms with Gasteiger partial charge in [-0.15, -0.1) is 0 Å². The lowest BCUT2D eigenvalue weighted by Gasteiger charge is -2.15. The van der Waals surface area contributed by atoms with Crippen LogP contribution in [0.5, 0.6) is 11.5 Å². The summed E-state index contributed by atoms with van der Waals surface area (Å²) in [5.41, 5.74) is 2.88. The highest BCUT2D eigenvalue weighted by Crippen LogP contribution is 2.32. The van der Waals surface area contributed by atoms with Gasteiger partial charge in [-0.25, -0.2) is 4.39 Å². The Morgan fingerprint density at radius 3 is 2.29 bits per heavy atom. The molecule has 0 aliphatic heterocycles. The van der Waals surface area contributed by atoms with Crippen LogP contribution in [0.15, 0.2) is 36.4 Å². The summed E-state index contributed by atoms with van der Waals surface area (Å²) >= 11 is 0. The van der Waals surface area contributed by atoms with Crippen molar-refractivity contribution in [2.75, 3.05) is 0 Å². The first-order valence-corrected chi connectivity index (χ1v) is 7.14. The van der Waals surface area contributed by atoms with Gasteiger partial charge in [0.2, 0.25) is 0 Å². The Balaban J connectivity index is 2.32. The normalized spacial score (nSPS) is 12.5. The number of aryl methyl sites for hydroxylation is 1. The molecule has 0 fully saturated rings. The summed E-state index contributed by atoms with van der Waals surface area (Å²) in [7, 11) is 0. The molecule has 21 heavy (non-hydrogen) atoms. The predicted molar refractivity (Wildman–Crippen MR) is 82.4 cm³/mol. The van der Waals surface area contributed by atoms with E-state index in [4.69, 9.17) is 4.74 Å². The molecule has 0 aromatic heterocycles. The summed E-state index contributed by atoms with van der Waals surface area (Å²) in [5.74, 6) is 1.23. The first kappa shape index (κ1) is 15.5. The minimum absolute atomic E-state index is 0.385. The molecular weight excluding hydrogens is 267 g/mol. The molecule has 1 atom stereocenters. The van der Waals surface area contributed by atoms with Crippen molar-refractivity contribution >= 4 is 0 Å². The van der Waals surface area contributed by atoms with E-state index in [1.54, 1.807) is 13.0 Å². The van der Waals surface area contributed by atoms with Gasteiger partial charge in [0.05, 0.1) is 6.10 Å². The second-order valence-electron chi connectivity index (χ2n) is 5.63. The second kappa shape index (κ2) is 6.27.